The van der Waals surface area contributed by atoms with Gasteiger partial charge in [-0.2, -0.15) is 0 Å². The number of aliphatic hydroxyl groups excluding tert-OH is 1. The van der Waals surface area contributed by atoms with Crippen LogP contribution in [0, 0.1) is 18.8 Å². The summed E-state index contributed by atoms with van der Waals surface area (Å²) in [4.78, 5) is 40.7. The van der Waals surface area contributed by atoms with E-state index in [1.807, 2.05) is 23.4 Å². The molecule has 10 heteroatoms. The summed E-state index contributed by atoms with van der Waals surface area (Å²) in [6.07, 6.45) is 9.68. The maximum atomic E-state index is 14.3. The van der Waals surface area contributed by atoms with E-state index in [1.54, 1.807) is 18.4 Å². The van der Waals surface area contributed by atoms with E-state index in [9.17, 15) is 14.7 Å². The molecule has 0 unspecified atom stereocenters. The van der Waals surface area contributed by atoms with E-state index in [4.69, 9.17) is 14.5 Å². The summed E-state index contributed by atoms with van der Waals surface area (Å²) in [5, 5.41) is 10.6. The number of anilines is 1. The Kier molecular flexibility index (Phi) is 10.5. The average molecular weight is 661 g/mol. The number of carbonyl (C=O) groups is 2. The quantitative estimate of drug-likeness (QED) is 0.256. The minimum Gasteiger partial charge on any atom is -0.496 e. The molecule has 1 aliphatic heterocycles. The maximum Gasteiger partial charge on any atom is 0.410 e. The van der Waals surface area contributed by atoms with Gasteiger partial charge in [-0.25, -0.2) is 14.8 Å². The molecule has 2 aromatic heterocycles. The van der Waals surface area contributed by atoms with Gasteiger partial charge in [-0.15, -0.1) is 11.3 Å². The number of hydrogen-bond donors (Lipinski definition) is 1. The predicted molar refractivity (Wildman–Crippen MR) is 184 cm³/mol. The highest BCUT2D eigenvalue weighted by Crippen LogP contribution is 2.39. The molecule has 0 spiro atoms. The van der Waals surface area contributed by atoms with Crippen molar-refractivity contribution in [2.45, 2.75) is 96.2 Å². The van der Waals surface area contributed by atoms with Crippen LogP contribution >= 0.6 is 11.3 Å². The van der Waals surface area contributed by atoms with Crippen molar-refractivity contribution < 1.29 is 24.2 Å². The fraction of sp³-hybridized carbons (Fsp3) is 0.568. The Morgan fingerprint density at radius 1 is 1.02 bits per heavy atom. The number of likely N-dealkylation sites (tertiary alicyclic amines) is 1. The SMILES string of the molecule is COc1ccc(C2CCC(CN(C(=O)C3CCC(OC(=O)N4CC(O)C4)CC3)c3cc(-c4cnc(C(C)C)s4)ccn3)CC2)cc1C. The zero-order valence-corrected chi connectivity index (χ0v) is 28.9. The summed E-state index contributed by atoms with van der Waals surface area (Å²) in [5.41, 5.74) is 3.57. The van der Waals surface area contributed by atoms with Gasteiger partial charge in [0.15, 0.2) is 0 Å². The lowest BCUT2D eigenvalue weighted by atomic mass is 9.78. The van der Waals surface area contributed by atoms with Crippen molar-refractivity contribution in [1.82, 2.24) is 14.9 Å². The van der Waals surface area contributed by atoms with Crippen LogP contribution in [0.15, 0.2) is 42.7 Å². The fourth-order valence-electron chi connectivity index (χ4n) is 7.27. The lowest BCUT2D eigenvalue weighted by molar-refractivity contribution is -0.124. The van der Waals surface area contributed by atoms with Crippen molar-refractivity contribution in [2.24, 2.45) is 11.8 Å². The third-order valence-electron chi connectivity index (χ3n) is 10.2. The highest BCUT2D eigenvalue weighted by molar-refractivity contribution is 7.15. The number of methoxy groups -OCH3 is 1. The number of amides is 2. The van der Waals surface area contributed by atoms with Gasteiger partial charge in [0.2, 0.25) is 5.91 Å². The Hall–Kier alpha value is -3.50. The van der Waals surface area contributed by atoms with Gasteiger partial charge in [0.25, 0.3) is 0 Å². The second kappa shape index (κ2) is 14.7. The molecule has 9 nitrogen and oxygen atoms in total. The van der Waals surface area contributed by atoms with Gasteiger partial charge < -0.3 is 19.5 Å². The Balaban J connectivity index is 1.15. The number of ether oxygens (including phenoxy) is 2. The smallest absolute Gasteiger partial charge is 0.410 e. The van der Waals surface area contributed by atoms with Crippen molar-refractivity contribution in [3.05, 3.63) is 58.9 Å². The molecule has 252 valence electrons. The molecule has 3 fully saturated rings. The number of benzene rings is 1. The van der Waals surface area contributed by atoms with Gasteiger partial charge in [-0.05, 0) is 105 Å². The standard InChI is InChI=1S/C37H48N4O5S/c1-23(2)35-39-19-33(47-35)29-15-16-38-34(18-29)41(20-25-5-7-26(8-6-25)28-11-14-32(45-4)24(3)17-28)36(43)27-9-12-31(13-10-27)46-37(44)40-21-30(42)22-40/h11,14-19,23,25-27,30-31,42H,5-10,12-13,20-22H2,1-4H3. The number of thiazole rings is 1. The summed E-state index contributed by atoms with van der Waals surface area (Å²) in [5.74, 6) is 2.86. The molecular weight excluding hydrogens is 612 g/mol. The molecule has 2 saturated carbocycles. The molecule has 47 heavy (non-hydrogen) atoms. The highest BCUT2D eigenvalue weighted by Gasteiger charge is 2.36. The van der Waals surface area contributed by atoms with Crippen molar-refractivity contribution in [1.29, 1.82) is 0 Å². The number of rotatable bonds is 9. The first-order chi connectivity index (χ1) is 22.7. The highest BCUT2D eigenvalue weighted by atomic mass is 32.1. The van der Waals surface area contributed by atoms with Crippen LogP contribution in [0.1, 0.15) is 93.2 Å². The largest absolute Gasteiger partial charge is 0.496 e. The second-order valence-electron chi connectivity index (χ2n) is 13.9. The Morgan fingerprint density at radius 3 is 2.40 bits per heavy atom. The molecule has 0 atom stereocenters. The number of hydrogen-bond acceptors (Lipinski definition) is 8. The Morgan fingerprint density at radius 2 is 1.77 bits per heavy atom. The zero-order valence-electron chi connectivity index (χ0n) is 28.1. The molecule has 3 aliphatic rings. The van der Waals surface area contributed by atoms with Crippen LogP contribution in [-0.2, 0) is 9.53 Å². The molecular formula is C37H48N4O5S. The maximum absolute atomic E-state index is 14.3. The number of carbonyl (C=O) groups excluding carboxylic acids is 2. The van der Waals surface area contributed by atoms with Gasteiger partial charge in [0.1, 0.15) is 17.7 Å². The normalized spacial score (nSPS) is 23.3. The number of nitrogens with zero attached hydrogens (tertiary/aromatic N) is 4. The lowest BCUT2D eigenvalue weighted by Gasteiger charge is -2.38. The molecule has 2 amide bonds. The third kappa shape index (κ3) is 7.81. The van der Waals surface area contributed by atoms with Crippen LogP contribution in [0.25, 0.3) is 10.4 Å². The molecule has 3 heterocycles. The zero-order chi connectivity index (χ0) is 33.1. The van der Waals surface area contributed by atoms with E-state index in [-0.39, 0.29) is 24.0 Å². The van der Waals surface area contributed by atoms with Crippen LogP contribution in [0.3, 0.4) is 0 Å². The van der Waals surface area contributed by atoms with Gasteiger partial charge in [0, 0.05) is 30.8 Å². The molecule has 0 radical (unpaired) electrons. The molecule has 1 aromatic carbocycles. The van der Waals surface area contributed by atoms with Crippen molar-refractivity contribution in [3.63, 3.8) is 0 Å². The molecule has 1 N–H and O–H groups in total. The summed E-state index contributed by atoms with van der Waals surface area (Å²) in [6.45, 7) is 7.71. The first kappa shape index (κ1) is 33.4. The van der Waals surface area contributed by atoms with Crippen molar-refractivity contribution >= 4 is 29.2 Å². The summed E-state index contributed by atoms with van der Waals surface area (Å²) in [6, 6.07) is 10.6. The number of aliphatic hydroxyl groups is 1. The van der Waals surface area contributed by atoms with Gasteiger partial charge in [0.05, 0.1) is 36.2 Å². The minimum absolute atomic E-state index is 0.116. The van der Waals surface area contributed by atoms with Crippen LogP contribution in [0.2, 0.25) is 0 Å². The number of aryl methyl sites for hydroxylation is 1. The van der Waals surface area contributed by atoms with Crippen LogP contribution in [0.5, 0.6) is 5.75 Å². The van der Waals surface area contributed by atoms with Gasteiger partial charge >= 0.3 is 6.09 Å². The van der Waals surface area contributed by atoms with Crippen molar-refractivity contribution in [2.75, 3.05) is 31.6 Å². The van der Waals surface area contributed by atoms with Crippen molar-refractivity contribution in [3.8, 4) is 16.2 Å². The summed E-state index contributed by atoms with van der Waals surface area (Å²) >= 11 is 1.69. The van der Waals surface area contributed by atoms with E-state index < -0.39 is 6.10 Å². The Labute approximate surface area is 282 Å². The predicted octanol–water partition coefficient (Wildman–Crippen LogP) is 7.32. The van der Waals surface area contributed by atoms with E-state index in [0.29, 0.717) is 68.9 Å². The van der Waals surface area contributed by atoms with Crippen LogP contribution in [-0.4, -0.2) is 70.9 Å². The average Bonchev–Trinajstić information content (AvgIpc) is 3.57. The molecule has 0 bridgehead atoms. The number of aromatic nitrogens is 2. The van der Waals surface area contributed by atoms with E-state index in [2.05, 4.69) is 50.0 Å². The monoisotopic (exact) mass is 660 g/mol. The third-order valence-corrected chi connectivity index (χ3v) is 11.5. The van der Waals surface area contributed by atoms with Crippen LogP contribution < -0.4 is 9.64 Å². The molecule has 3 aromatic rings. The number of pyridine rings is 1. The first-order valence-electron chi connectivity index (χ1n) is 17.2. The van der Waals surface area contributed by atoms with Crippen LogP contribution in [0.4, 0.5) is 10.6 Å². The van der Waals surface area contributed by atoms with E-state index in [0.717, 1.165) is 46.9 Å². The van der Waals surface area contributed by atoms with Gasteiger partial charge in [-0.1, -0.05) is 26.0 Å². The minimum atomic E-state index is -0.455. The van der Waals surface area contributed by atoms with Gasteiger partial charge in [-0.3, -0.25) is 9.69 Å². The molecule has 1 saturated heterocycles. The fourth-order valence-corrected chi connectivity index (χ4v) is 8.18. The summed E-state index contributed by atoms with van der Waals surface area (Å²) in [7, 11) is 1.71. The van der Waals surface area contributed by atoms with E-state index >= 15 is 0 Å². The Bertz CT molecular complexity index is 1540. The first-order valence-corrected chi connectivity index (χ1v) is 18.0. The lowest BCUT2D eigenvalue weighted by Crippen LogP contribution is -2.54. The molecule has 2 aliphatic carbocycles. The second-order valence-corrected chi connectivity index (χ2v) is 15.0. The number of β-amino-alcohol motifs (C(OH)–C–C–N with tert-alkyl or cyclic N) is 1. The molecule has 6 rings (SSSR count). The topological polar surface area (TPSA) is 105 Å². The summed E-state index contributed by atoms with van der Waals surface area (Å²) < 4.78 is 11.2. The van der Waals surface area contributed by atoms with E-state index in [1.165, 1.54) is 16.0 Å².